The smallest absolute Gasteiger partial charge is 0.305 e. The summed E-state index contributed by atoms with van der Waals surface area (Å²) in [7, 11) is 0. The Morgan fingerprint density at radius 3 is 2.48 bits per heavy atom. The molecule has 0 saturated carbocycles. The molecule has 0 spiro atoms. The lowest BCUT2D eigenvalue weighted by atomic mass is 10.2. The molecule has 0 atom stereocenters. The Bertz CT molecular complexity index is 782. The summed E-state index contributed by atoms with van der Waals surface area (Å²) in [6.45, 7) is -0.106. The minimum Gasteiger partial charge on any atom is -0.481 e. The Hall–Kier alpha value is -3.42. The zero-order valence-corrected chi connectivity index (χ0v) is 13.0. The molecule has 2 aromatic rings. The molecular weight excluding hydrogens is 331 g/mol. The molecule has 2 amide bonds. The van der Waals surface area contributed by atoms with Crippen molar-refractivity contribution in [2.75, 3.05) is 6.54 Å². The monoisotopic (exact) mass is 346 g/mol. The molecule has 0 aliphatic heterocycles. The molecule has 1 aromatic heterocycles. The zero-order chi connectivity index (χ0) is 18.2. The van der Waals surface area contributed by atoms with Crippen molar-refractivity contribution in [2.24, 2.45) is 0 Å². The first kappa shape index (κ1) is 17.9. The fourth-order valence-corrected chi connectivity index (χ4v) is 1.85. The molecule has 0 radical (unpaired) electrons. The maximum atomic E-state index is 13.0. The molecule has 0 aliphatic carbocycles. The Labute approximate surface area is 142 Å². The average molecular weight is 346 g/mol. The van der Waals surface area contributed by atoms with Crippen molar-refractivity contribution >= 4 is 23.9 Å². The van der Waals surface area contributed by atoms with E-state index < -0.39 is 23.6 Å². The van der Waals surface area contributed by atoms with Crippen LogP contribution in [0.2, 0.25) is 0 Å². The highest BCUT2D eigenvalue weighted by atomic mass is 19.1. The molecule has 0 bridgehead atoms. The summed E-state index contributed by atoms with van der Waals surface area (Å²) in [6.07, 6.45) is 2.39. The van der Waals surface area contributed by atoms with Crippen LogP contribution >= 0.6 is 0 Å². The van der Waals surface area contributed by atoms with Crippen LogP contribution in [0.5, 0.6) is 0 Å². The summed E-state index contributed by atoms with van der Waals surface area (Å²) < 4.78 is 17.9. The first-order valence-corrected chi connectivity index (χ1v) is 7.28. The number of amides is 2. The Kier molecular flexibility index (Phi) is 6.05. The van der Waals surface area contributed by atoms with Gasteiger partial charge in [0.1, 0.15) is 11.5 Å². The molecular formula is C17H15FN2O5. The number of carboxylic acids is 1. The normalized spacial score (nSPS) is 11.0. The van der Waals surface area contributed by atoms with E-state index in [1.54, 1.807) is 0 Å². The fraction of sp³-hybridized carbons (Fsp3) is 0.118. The minimum atomic E-state index is -1.07. The summed E-state index contributed by atoms with van der Waals surface area (Å²) in [4.78, 5) is 34.8. The highest BCUT2D eigenvalue weighted by molar-refractivity contribution is 6.04. The largest absolute Gasteiger partial charge is 0.481 e. The summed E-state index contributed by atoms with van der Waals surface area (Å²) in [6, 6.07) is 8.22. The molecule has 0 fully saturated rings. The van der Waals surface area contributed by atoms with Gasteiger partial charge in [0.05, 0.1) is 12.7 Å². The molecule has 0 saturated heterocycles. The lowest BCUT2D eigenvalue weighted by Gasteiger charge is -2.09. The predicted octanol–water partition coefficient (Wildman–Crippen LogP) is 1.78. The number of carbonyl (C=O) groups excluding carboxylic acids is 2. The van der Waals surface area contributed by atoms with E-state index in [1.165, 1.54) is 48.7 Å². The van der Waals surface area contributed by atoms with E-state index in [0.29, 0.717) is 5.56 Å². The Morgan fingerprint density at radius 2 is 1.88 bits per heavy atom. The number of carboxylic acid groups (broad SMARTS) is 1. The molecule has 1 aromatic carbocycles. The molecule has 3 N–H and O–H groups in total. The van der Waals surface area contributed by atoms with E-state index >= 15 is 0 Å². The number of halogens is 1. The van der Waals surface area contributed by atoms with Gasteiger partial charge < -0.3 is 20.2 Å². The quantitative estimate of drug-likeness (QED) is 0.662. The van der Waals surface area contributed by atoms with E-state index in [-0.39, 0.29) is 24.4 Å². The molecule has 0 aliphatic rings. The second-order valence-corrected chi connectivity index (χ2v) is 4.94. The molecule has 0 unspecified atom stereocenters. The second kappa shape index (κ2) is 8.44. The van der Waals surface area contributed by atoms with Crippen molar-refractivity contribution < 1.29 is 28.3 Å². The van der Waals surface area contributed by atoms with E-state index in [1.807, 2.05) is 0 Å². The first-order chi connectivity index (χ1) is 12.0. The van der Waals surface area contributed by atoms with Crippen molar-refractivity contribution in [3.63, 3.8) is 0 Å². The number of hydrogen-bond donors (Lipinski definition) is 3. The summed E-state index contributed by atoms with van der Waals surface area (Å²) >= 11 is 0. The lowest BCUT2D eigenvalue weighted by Crippen LogP contribution is -2.35. The second-order valence-electron chi connectivity index (χ2n) is 4.94. The van der Waals surface area contributed by atoms with Gasteiger partial charge in [-0.1, -0.05) is 12.1 Å². The van der Waals surface area contributed by atoms with Gasteiger partial charge >= 0.3 is 5.97 Å². The fourth-order valence-electron chi connectivity index (χ4n) is 1.85. The van der Waals surface area contributed by atoms with Crippen molar-refractivity contribution in [1.82, 2.24) is 10.6 Å². The lowest BCUT2D eigenvalue weighted by molar-refractivity contribution is -0.136. The topological polar surface area (TPSA) is 109 Å². The standard InChI is InChI=1S/C17H15FN2O5/c18-12-5-3-11(4-6-12)10-13(16(23)19-8-7-15(21)22)20-17(24)14-2-1-9-25-14/h1-6,9-10H,7-8H2,(H,19,23)(H,20,24)(H,21,22)/b13-10+. The van der Waals surface area contributed by atoms with E-state index in [2.05, 4.69) is 10.6 Å². The van der Waals surface area contributed by atoms with Gasteiger partial charge in [-0.05, 0) is 35.9 Å². The number of carbonyl (C=O) groups is 3. The van der Waals surface area contributed by atoms with E-state index in [0.717, 1.165) is 0 Å². The number of hydrogen-bond acceptors (Lipinski definition) is 4. The van der Waals surface area contributed by atoms with Crippen LogP contribution in [0.3, 0.4) is 0 Å². The highest BCUT2D eigenvalue weighted by Gasteiger charge is 2.16. The van der Waals surface area contributed by atoms with Crippen LogP contribution in [0.4, 0.5) is 4.39 Å². The molecule has 7 nitrogen and oxygen atoms in total. The predicted molar refractivity (Wildman–Crippen MR) is 85.8 cm³/mol. The maximum Gasteiger partial charge on any atom is 0.305 e. The number of nitrogens with one attached hydrogen (secondary N) is 2. The van der Waals surface area contributed by atoms with Gasteiger partial charge in [0.15, 0.2) is 5.76 Å². The minimum absolute atomic E-state index is 0.00309. The van der Waals surface area contributed by atoms with Gasteiger partial charge in [-0.15, -0.1) is 0 Å². The van der Waals surface area contributed by atoms with Crippen LogP contribution in [0, 0.1) is 5.82 Å². The number of rotatable bonds is 7. The van der Waals surface area contributed by atoms with Gasteiger partial charge in [0.25, 0.3) is 11.8 Å². The summed E-state index contributed by atoms with van der Waals surface area (Å²) in [5.41, 5.74) is 0.350. The number of aliphatic carboxylic acids is 1. The zero-order valence-electron chi connectivity index (χ0n) is 13.0. The van der Waals surface area contributed by atoms with Crippen LogP contribution in [0.15, 0.2) is 52.8 Å². The van der Waals surface area contributed by atoms with Crippen LogP contribution in [-0.2, 0) is 9.59 Å². The van der Waals surface area contributed by atoms with E-state index in [9.17, 15) is 18.8 Å². The van der Waals surface area contributed by atoms with Crippen molar-refractivity contribution in [3.05, 3.63) is 65.5 Å². The van der Waals surface area contributed by atoms with Crippen molar-refractivity contribution in [1.29, 1.82) is 0 Å². The SMILES string of the molecule is O=C(O)CCNC(=O)/C(=C\c1ccc(F)cc1)NC(=O)c1ccco1. The third-order valence-corrected chi connectivity index (χ3v) is 3.04. The third-order valence-electron chi connectivity index (χ3n) is 3.04. The van der Waals surface area contributed by atoms with Crippen molar-refractivity contribution in [3.8, 4) is 0 Å². The van der Waals surface area contributed by atoms with Crippen LogP contribution in [0.1, 0.15) is 22.5 Å². The molecule has 2 rings (SSSR count). The van der Waals surface area contributed by atoms with Gasteiger partial charge in [-0.3, -0.25) is 14.4 Å². The molecule has 25 heavy (non-hydrogen) atoms. The first-order valence-electron chi connectivity index (χ1n) is 7.28. The van der Waals surface area contributed by atoms with Crippen LogP contribution < -0.4 is 10.6 Å². The van der Waals surface area contributed by atoms with Crippen LogP contribution in [-0.4, -0.2) is 29.4 Å². The summed E-state index contributed by atoms with van der Waals surface area (Å²) in [5.74, 6) is -2.83. The molecule has 130 valence electrons. The number of furan rings is 1. The van der Waals surface area contributed by atoms with Gasteiger partial charge in [0, 0.05) is 6.54 Å². The van der Waals surface area contributed by atoms with Gasteiger partial charge in [-0.2, -0.15) is 0 Å². The molecule has 1 heterocycles. The van der Waals surface area contributed by atoms with Crippen LogP contribution in [0.25, 0.3) is 6.08 Å². The Morgan fingerprint density at radius 1 is 1.16 bits per heavy atom. The van der Waals surface area contributed by atoms with Gasteiger partial charge in [0.2, 0.25) is 0 Å². The number of benzene rings is 1. The highest BCUT2D eigenvalue weighted by Crippen LogP contribution is 2.09. The van der Waals surface area contributed by atoms with Gasteiger partial charge in [-0.25, -0.2) is 4.39 Å². The Balaban J connectivity index is 2.17. The third kappa shape index (κ3) is 5.61. The molecule has 8 heteroatoms. The maximum absolute atomic E-state index is 13.0. The summed E-state index contributed by atoms with van der Waals surface area (Å²) in [5, 5.41) is 13.4. The van der Waals surface area contributed by atoms with E-state index in [4.69, 9.17) is 9.52 Å². The average Bonchev–Trinajstić information content (AvgIpc) is 3.10. The van der Waals surface area contributed by atoms with Crippen molar-refractivity contribution in [2.45, 2.75) is 6.42 Å².